The number of hydrogen-bond donors (Lipinski definition) is 0. The molecule has 1 aliphatic rings. The molecule has 1 fully saturated rings. The fourth-order valence-electron chi connectivity index (χ4n) is 5.00. The maximum atomic E-state index is 6.41. The van der Waals surface area contributed by atoms with Gasteiger partial charge in [0.25, 0.3) is 0 Å². The zero-order chi connectivity index (χ0) is 24.6. The van der Waals surface area contributed by atoms with E-state index in [0.717, 1.165) is 16.5 Å². The summed E-state index contributed by atoms with van der Waals surface area (Å²) in [5.74, 6) is 0.706. The van der Waals surface area contributed by atoms with Gasteiger partial charge in [0.2, 0.25) is 0 Å². The van der Waals surface area contributed by atoms with Gasteiger partial charge in [-0.05, 0) is 33.8 Å². The number of pyridine rings is 1. The number of aromatic nitrogens is 2. The maximum absolute atomic E-state index is 6.41. The van der Waals surface area contributed by atoms with Gasteiger partial charge in [-0.15, -0.1) is 0 Å². The molecule has 182 valence electrons. The van der Waals surface area contributed by atoms with Crippen LogP contribution < -0.4 is 10.2 Å². The smallest absolute Gasteiger partial charge is 0.495 e. The molecule has 7 heteroatoms. The van der Waals surface area contributed by atoms with Crippen molar-refractivity contribution in [3.05, 3.63) is 18.5 Å². The predicted octanol–water partition coefficient (Wildman–Crippen LogP) is 6.16. The molecular formula is C25H45BN2O3S. The SMILES string of the molecule is CC.COc1cnc2c(ccn2S(C(C)C)(C(C)C)C(C)C)c1B1OC(C)(C)C(C)(C)O1. The van der Waals surface area contributed by atoms with E-state index >= 15 is 0 Å². The molecule has 0 N–H and O–H groups in total. The average Bonchev–Trinajstić information content (AvgIpc) is 3.20. The van der Waals surface area contributed by atoms with Crippen LogP contribution in [0.2, 0.25) is 0 Å². The minimum Gasteiger partial charge on any atom is -0.495 e. The molecule has 0 saturated carbocycles. The van der Waals surface area contributed by atoms with Crippen molar-refractivity contribution in [3.8, 4) is 5.75 Å². The van der Waals surface area contributed by atoms with Crippen LogP contribution in [0.15, 0.2) is 18.5 Å². The van der Waals surface area contributed by atoms with Crippen LogP contribution in [-0.2, 0) is 9.31 Å². The van der Waals surface area contributed by atoms with E-state index in [4.69, 9.17) is 19.0 Å². The Kier molecular flexibility index (Phi) is 8.12. The van der Waals surface area contributed by atoms with E-state index in [0.29, 0.717) is 21.5 Å². The normalized spacial score (nSPS) is 18.4. The van der Waals surface area contributed by atoms with Gasteiger partial charge in [-0.2, -0.15) is 10.2 Å². The summed E-state index contributed by atoms with van der Waals surface area (Å²) >= 11 is 0. The highest BCUT2D eigenvalue weighted by atomic mass is 32.3. The van der Waals surface area contributed by atoms with Gasteiger partial charge in [0.15, 0.2) is 0 Å². The third kappa shape index (κ3) is 4.09. The molecule has 3 heterocycles. The number of ether oxygens (including phenoxy) is 1. The predicted molar refractivity (Wildman–Crippen MR) is 142 cm³/mol. The van der Waals surface area contributed by atoms with Crippen LogP contribution in [-0.4, -0.2) is 50.1 Å². The van der Waals surface area contributed by atoms with Crippen molar-refractivity contribution in [1.29, 1.82) is 0 Å². The van der Waals surface area contributed by atoms with Crippen molar-refractivity contribution in [2.75, 3.05) is 7.11 Å². The van der Waals surface area contributed by atoms with E-state index in [-0.39, 0.29) is 0 Å². The van der Waals surface area contributed by atoms with Gasteiger partial charge < -0.3 is 14.0 Å². The summed E-state index contributed by atoms with van der Waals surface area (Å²) < 4.78 is 21.0. The summed E-state index contributed by atoms with van der Waals surface area (Å²) in [4.78, 5) is 4.88. The van der Waals surface area contributed by atoms with Crippen molar-refractivity contribution in [2.24, 2.45) is 0 Å². The topological polar surface area (TPSA) is 45.5 Å². The second-order valence-electron chi connectivity index (χ2n) is 10.1. The first-order valence-corrected chi connectivity index (χ1v) is 13.8. The third-order valence-corrected chi connectivity index (χ3v) is 12.5. The van der Waals surface area contributed by atoms with Crippen LogP contribution in [0.5, 0.6) is 5.75 Å². The molecule has 0 atom stereocenters. The highest BCUT2D eigenvalue weighted by Crippen LogP contribution is 2.62. The van der Waals surface area contributed by atoms with E-state index in [9.17, 15) is 0 Å². The Morgan fingerprint density at radius 1 is 0.938 bits per heavy atom. The quantitative estimate of drug-likeness (QED) is 0.480. The lowest BCUT2D eigenvalue weighted by atomic mass is 9.77. The van der Waals surface area contributed by atoms with Crippen molar-refractivity contribution in [3.63, 3.8) is 0 Å². The first-order chi connectivity index (χ1) is 14.8. The fourth-order valence-corrected chi connectivity index (χ4v) is 10.3. The molecule has 0 amide bonds. The molecule has 2 aromatic rings. The van der Waals surface area contributed by atoms with Crippen LogP contribution in [0.3, 0.4) is 0 Å². The van der Waals surface area contributed by atoms with E-state index in [1.165, 1.54) is 0 Å². The lowest BCUT2D eigenvalue weighted by Crippen LogP contribution is -2.41. The van der Waals surface area contributed by atoms with E-state index in [2.05, 4.69) is 85.5 Å². The lowest BCUT2D eigenvalue weighted by Gasteiger charge is -2.52. The van der Waals surface area contributed by atoms with Gasteiger partial charge in [0.05, 0.1) is 24.5 Å². The molecule has 2 aromatic heterocycles. The van der Waals surface area contributed by atoms with Crippen molar-refractivity contribution >= 4 is 33.8 Å². The van der Waals surface area contributed by atoms with Crippen molar-refractivity contribution in [2.45, 2.75) is 110 Å². The number of methoxy groups -OCH3 is 1. The first kappa shape index (κ1) is 27.1. The van der Waals surface area contributed by atoms with Crippen LogP contribution in [0.4, 0.5) is 0 Å². The van der Waals surface area contributed by atoms with Crippen LogP contribution in [0.1, 0.15) is 83.1 Å². The van der Waals surface area contributed by atoms with Gasteiger partial charge in [-0.1, -0.05) is 55.4 Å². The third-order valence-electron chi connectivity index (χ3n) is 7.00. The first-order valence-electron chi connectivity index (χ1n) is 12.0. The van der Waals surface area contributed by atoms with Crippen LogP contribution in [0.25, 0.3) is 11.0 Å². The molecule has 0 spiro atoms. The summed E-state index contributed by atoms with van der Waals surface area (Å²) in [5.41, 5.74) is 1.10. The summed E-state index contributed by atoms with van der Waals surface area (Å²) in [6.07, 6.45) is 4.05. The molecule has 0 unspecified atom stereocenters. The summed E-state index contributed by atoms with van der Waals surface area (Å²) in [6.45, 7) is 26.4. The number of rotatable bonds is 6. The van der Waals surface area contributed by atoms with E-state index < -0.39 is 28.5 Å². The standard InChI is InChI=1S/C23H39BN2O3S.C2H6/c1-15(2)30(16(3)4,17(5)6)26-13-12-18-20(19(27-11)14-25-21(18)26)24-28-22(7,8)23(9,10)29-24;1-2/h12-17H,1-11H3;1-2H3. The molecule has 0 radical (unpaired) electrons. The minimum absolute atomic E-state index is 0.413. The van der Waals surface area contributed by atoms with Gasteiger partial charge >= 0.3 is 7.12 Å². The van der Waals surface area contributed by atoms with Gasteiger partial charge in [0.1, 0.15) is 11.4 Å². The molecule has 5 nitrogen and oxygen atoms in total. The second kappa shape index (κ2) is 9.59. The Hall–Kier alpha value is -1.18. The van der Waals surface area contributed by atoms with Crippen molar-refractivity contribution in [1.82, 2.24) is 8.96 Å². The number of fused-ring (bicyclic) bond motifs is 1. The highest BCUT2D eigenvalue weighted by molar-refractivity contribution is 8.33. The Morgan fingerprint density at radius 2 is 1.41 bits per heavy atom. The van der Waals surface area contributed by atoms with E-state index in [1.54, 1.807) is 7.11 Å². The Balaban J connectivity index is 0.00000176. The molecule has 1 aliphatic heterocycles. The van der Waals surface area contributed by atoms with Gasteiger partial charge in [-0.25, -0.2) is 4.98 Å². The molecule has 1 saturated heterocycles. The summed E-state index contributed by atoms with van der Waals surface area (Å²) in [6, 6.07) is 2.17. The largest absolute Gasteiger partial charge is 0.499 e. The lowest BCUT2D eigenvalue weighted by molar-refractivity contribution is 0.00578. The zero-order valence-corrected chi connectivity index (χ0v) is 23.4. The zero-order valence-electron chi connectivity index (χ0n) is 22.6. The molecule has 0 aliphatic carbocycles. The monoisotopic (exact) mass is 464 g/mol. The molecule has 0 aromatic carbocycles. The Bertz CT molecular complexity index is 884. The van der Waals surface area contributed by atoms with Gasteiger partial charge in [0, 0.05) is 32.8 Å². The minimum atomic E-state index is -1.18. The van der Waals surface area contributed by atoms with E-state index in [1.807, 2.05) is 20.0 Å². The summed E-state index contributed by atoms with van der Waals surface area (Å²) in [5, 5.41) is 2.62. The average molecular weight is 465 g/mol. The molecule has 3 rings (SSSR count). The Labute approximate surface area is 198 Å². The fraction of sp³-hybridized carbons (Fsp3) is 0.720. The highest BCUT2D eigenvalue weighted by Gasteiger charge is 2.53. The second-order valence-corrected chi connectivity index (χ2v) is 14.7. The van der Waals surface area contributed by atoms with Gasteiger partial charge in [-0.3, -0.25) is 3.97 Å². The molecular weight excluding hydrogens is 419 g/mol. The Morgan fingerprint density at radius 3 is 1.81 bits per heavy atom. The molecule has 32 heavy (non-hydrogen) atoms. The van der Waals surface area contributed by atoms with Crippen LogP contribution in [0, 0.1) is 0 Å². The molecule has 0 bridgehead atoms. The number of hydrogen-bond acceptors (Lipinski definition) is 4. The van der Waals surface area contributed by atoms with Crippen LogP contribution >= 0.6 is 10.2 Å². The maximum Gasteiger partial charge on any atom is 0.499 e. The van der Waals surface area contributed by atoms with Crippen molar-refractivity contribution < 1.29 is 14.0 Å². The number of nitrogens with zero attached hydrogens (tertiary/aromatic N) is 2. The summed E-state index contributed by atoms with van der Waals surface area (Å²) in [7, 11) is 0.00617.